The Labute approximate surface area is 178 Å². The van der Waals surface area contributed by atoms with Gasteiger partial charge >= 0.3 is 5.97 Å². The van der Waals surface area contributed by atoms with E-state index in [2.05, 4.69) is 11.8 Å². The van der Waals surface area contributed by atoms with E-state index < -0.39 is 5.97 Å². The molecule has 0 aromatic heterocycles. The molecule has 0 unspecified atom stereocenters. The van der Waals surface area contributed by atoms with Crippen LogP contribution in [0.15, 0.2) is 30.3 Å². The smallest absolute Gasteiger partial charge is 0.303 e. The van der Waals surface area contributed by atoms with Gasteiger partial charge in [0, 0.05) is 23.9 Å². The summed E-state index contributed by atoms with van der Waals surface area (Å²) in [6.07, 6.45) is 20.2. The van der Waals surface area contributed by atoms with Crippen LogP contribution in [0.2, 0.25) is 0 Å². The van der Waals surface area contributed by atoms with Crippen molar-refractivity contribution in [1.82, 2.24) is 0 Å². The largest absolute Gasteiger partial charge is 0.481 e. The molecule has 0 bridgehead atoms. The third-order valence-corrected chi connectivity index (χ3v) is 5.10. The number of nitrogens with one attached hydrogen (secondary N) is 1. The first-order valence-electron chi connectivity index (χ1n) is 11.3. The number of aliphatic carboxylic acids is 1. The van der Waals surface area contributed by atoms with Crippen LogP contribution < -0.4 is 4.84 Å². The van der Waals surface area contributed by atoms with Crippen LogP contribution in [0.25, 0.3) is 0 Å². The van der Waals surface area contributed by atoms with Crippen molar-refractivity contribution in [3.8, 4) is 0 Å². The Kier molecular flexibility index (Phi) is 21.1. The van der Waals surface area contributed by atoms with Crippen molar-refractivity contribution >= 4 is 23.4 Å². The Morgan fingerprint density at radius 3 is 1.46 bits per heavy atom. The van der Waals surface area contributed by atoms with E-state index in [1.165, 1.54) is 83.5 Å². The molecular weight excluding hydrogens is 370 g/mol. The topological polar surface area (TPSA) is 49.3 Å². The highest BCUT2D eigenvalue weighted by molar-refractivity contribution is 6.23. The van der Waals surface area contributed by atoms with E-state index in [9.17, 15) is 4.79 Å². The number of para-hydroxylation sites is 1. The van der Waals surface area contributed by atoms with Crippen LogP contribution in [0, 0.1) is 0 Å². The van der Waals surface area contributed by atoms with Gasteiger partial charge in [-0.05, 0) is 18.6 Å². The monoisotopic (exact) mass is 411 g/mol. The lowest BCUT2D eigenvalue weighted by Crippen LogP contribution is -1.93. The number of hydrogen-bond donors (Lipinski definition) is 2. The summed E-state index contributed by atoms with van der Waals surface area (Å²) in [5, 5.41) is 8.52. The highest BCUT2D eigenvalue weighted by atomic mass is 35.5. The fraction of sp³-hybridized carbons (Fsp3) is 0.708. The number of hydrogen-bond acceptors (Lipinski definition) is 2. The Hall–Kier alpha value is -1.22. The maximum absolute atomic E-state index is 10.3. The molecule has 0 aliphatic carbocycles. The standard InChI is InChI=1S/C18H36O2.C6H6ClN/c1-2-3-4-5-6-7-8-9-10-11-12-13-14-15-16-17-18(19)20;7-8-6-4-2-1-3-5-6/h2-17H2,1H3,(H,19,20);1-5,8H. The predicted octanol–water partition coefficient (Wildman–Crippen LogP) is 8.58. The van der Waals surface area contributed by atoms with E-state index in [-0.39, 0.29) is 0 Å². The molecule has 4 heteroatoms. The second-order valence-corrected chi connectivity index (χ2v) is 7.74. The van der Waals surface area contributed by atoms with Gasteiger partial charge in [-0.2, -0.15) is 0 Å². The zero-order chi connectivity index (χ0) is 20.7. The summed E-state index contributed by atoms with van der Waals surface area (Å²) in [5.41, 5.74) is 0.925. The SMILES string of the molecule is CCCCCCCCCCCCCCCCCC(=O)O.ClNc1ccccc1. The van der Waals surface area contributed by atoms with E-state index >= 15 is 0 Å². The molecule has 0 atom stereocenters. The third-order valence-electron chi connectivity index (χ3n) is 4.88. The molecule has 28 heavy (non-hydrogen) atoms. The lowest BCUT2D eigenvalue weighted by molar-refractivity contribution is -0.137. The van der Waals surface area contributed by atoms with Crippen LogP contribution in [0.1, 0.15) is 110 Å². The van der Waals surface area contributed by atoms with Gasteiger partial charge in [0.25, 0.3) is 0 Å². The molecule has 2 N–H and O–H groups in total. The number of carbonyl (C=O) groups is 1. The minimum Gasteiger partial charge on any atom is -0.481 e. The number of benzene rings is 1. The fourth-order valence-corrected chi connectivity index (χ4v) is 3.27. The van der Waals surface area contributed by atoms with Crippen LogP contribution in [0.3, 0.4) is 0 Å². The molecule has 0 radical (unpaired) electrons. The van der Waals surface area contributed by atoms with E-state index in [4.69, 9.17) is 16.9 Å². The molecule has 0 fully saturated rings. The van der Waals surface area contributed by atoms with Crippen molar-refractivity contribution < 1.29 is 9.90 Å². The predicted molar refractivity (Wildman–Crippen MR) is 123 cm³/mol. The first kappa shape index (κ1) is 26.8. The van der Waals surface area contributed by atoms with Gasteiger partial charge in [0.1, 0.15) is 0 Å². The van der Waals surface area contributed by atoms with Crippen LogP contribution in [0.4, 0.5) is 5.69 Å². The first-order chi connectivity index (χ1) is 13.7. The Bertz CT molecular complexity index is 439. The quantitative estimate of drug-likeness (QED) is 0.199. The summed E-state index contributed by atoms with van der Waals surface area (Å²) in [6, 6.07) is 9.58. The molecule has 0 heterocycles. The summed E-state index contributed by atoms with van der Waals surface area (Å²) in [6.45, 7) is 2.27. The highest BCUT2D eigenvalue weighted by Gasteiger charge is 1.97. The average molecular weight is 412 g/mol. The summed E-state index contributed by atoms with van der Waals surface area (Å²) >= 11 is 5.28. The summed E-state index contributed by atoms with van der Waals surface area (Å²) in [5.74, 6) is -0.653. The molecule has 0 saturated heterocycles. The molecule has 3 nitrogen and oxygen atoms in total. The molecule has 0 aliphatic rings. The number of carboxylic acids is 1. The molecule has 0 aliphatic heterocycles. The maximum atomic E-state index is 10.3. The van der Waals surface area contributed by atoms with Crippen LogP contribution in [-0.4, -0.2) is 11.1 Å². The van der Waals surface area contributed by atoms with Crippen LogP contribution in [0.5, 0.6) is 0 Å². The summed E-state index contributed by atoms with van der Waals surface area (Å²) in [4.78, 5) is 12.8. The molecule has 162 valence electrons. The van der Waals surface area contributed by atoms with Gasteiger partial charge in [-0.25, -0.2) is 0 Å². The lowest BCUT2D eigenvalue weighted by Gasteiger charge is -2.03. The average Bonchev–Trinajstić information content (AvgIpc) is 2.72. The molecule has 1 rings (SSSR count). The van der Waals surface area contributed by atoms with E-state index in [0.717, 1.165) is 18.5 Å². The molecule has 0 amide bonds. The van der Waals surface area contributed by atoms with Crippen LogP contribution >= 0.6 is 11.8 Å². The van der Waals surface area contributed by atoms with E-state index in [1.807, 2.05) is 30.3 Å². The second-order valence-electron chi connectivity index (χ2n) is 7.55. The zero-order valence-electron chi connectivity index (χ0n) is 17.9. The number of unbranched alkanes of at least 4 members (excludes halogenated alkanes) is 14. The number of carboxylic acid groups (broad SMARTS) is 1. The Morgan fingerprint density at radius 1 is 0.750 bits per heavy atom. The van der Waals surface area contributed by atoms with E-state index in [0.29, 0.717) is 6.42 Å². The van der Waals surface area contributed by atoms with Crippen molar-refractivity contribution in [2.45, 2.75) is 110 Å². The zero-order valence-corrected chi connectivity index (χ0v) is 18.7. The third kappa shape index (κ3) is 21.1. The minimum absolute atomic E-state index is 0.345. The van der Waals surface area contributed by atoms with Crippen molar-refractivity contribution in [1.29, 1.82) is 0 Å². The van der Waals surface area contributed by atoms with Crippen molar-refractivity contribution in [3.63, 3.8) is 0 Å². The molecule has 1 aromatic carbocycles. The Balaban J connectivity index is 0.000000749. The van der Waals surface area contributed by atoms with Gasteiger partial charge in [-0.3, -0.25) is 9.63 Å². The summed E-state index contributed by atoms with van der Waals surface area (Å²) in [7, 11) is 0. The normalized spacial score (nSPS) is 10.2. The number of rotatable bonds is 17. The minimum atomic E-state index is -0.653. The van der Waals surface area contributed by atoms with E-state index in [1.54, 1.807) is 0 Å². The van der Waals surface area contributed by atoms with Gasteiger partial charge in [0.15, 0.2) is 0 Å². The molecule has 1 aromatic rings. The van der Waals surface area contributed by atoms with Crippen molar-refractivity contribution in [3.05, 3.63) is 30.3 Å². The highest BCUT2D eigenvalue weighted by Crippen LogP contribution is 2.13. The van der Waals surface area contributed by atoms with Crippen LogP contribution in [-0.2, 0) is 4.79 Å². The molecular formula is C24H42ClNO2. The lowest BCUT2D eigenvalue weighted by atomic mass is 10.0. The van der Waals surface area contributed by atoms with Crippen molar-refractivity contribution in [2.75, 3.05) is 4.84 Å². The van der Waals surface area contributed by atoms with Crippen molar-refractivity contribution in [2.24, 2.45) is 0 Å². The molecule has 0 spiro atoms. The number of anilines is 1. The van der Waals surface area contributed by atoms with Gasteiger partial charge in [-0.1, -0.05) is 115 Å². The fourth-order valence-electron chi connectivity index (χ4n) is 3.15. The summed E-state index contributed by atoms with van der Waals surface area (Å²) < 4.78 is 0. The Morgan fingerprint density at radius 2 is 1.14 bits per heavy atom. The second kappa shape index (κ2) is 22.1. The van der Waals surface area contributed by atoms with Gasteiger partial charge in [0.05, 0.1) is 0 Å². The van der Waals surface area contributed by atoms with Gasteiger partial charge in [0.2, 0.25) is 0 Å². The van der Waals surface area contributed by atoms with Gasteiger partial charge in [-0.15, -0.1) is 0 Å². The maximum Gasteiger partial charge on any atom is 0.303 e. The molecule has 0 saturated carbocycles. The number of halogens is 1. The first-order valence-corrected chi connectivity index (χ1v) is 11.7. The van der Waals surface area contributed by atoms with Gasteiger partial charge < -0.3 is 5.11 Å².